The minimum Gasteiger partial charge on any atom is -0.455 e. The molecule has 1 aromatic heterocycles. The number of nitrogens with zero attached hydrogens (tertiary/aromatic N) is 2. The molecule has 3 rings (SSSR count). The van der Waals surface area contributed by atoms with Crippen molar-refractivity contribution >= 4 is 29.2 Å². The summed E-state index contributed by atoms with van der Waals surface area (Å²) in [6.07, 6.45) is 3.18. The number of hydrogen-bond donors (Lipinski definition) is 2. The van der Waals surface area contributed by atoms with Gasteiger partial charge in [-0.25, -0.2) is 9.59 Å². The van der Waals surface area contributed by atoms with Gasteiger partial charge in [-0.1, -0.05) is 55.6 Å². The molecule has 2 N–H and O–H groups in total. The molecule has 0 aliphatic rings. The summed E-state index contributed by atoms with van der Waals surface area (Å²) in [5.41, 5.74) is 0.551. The van der Waals surface area contributed by atoms with Crippen LogP contribution >= 0.6 is 0 Å². The standard InChI is InChI=1S/C30H38N4O6/c1-7-24-23-12-10-11-13-26(23)34(33-24)38-20-37-22-16-14-21(15-17-22)18-25(27(35)39-30(6,8-2)9-3)32-28(36)40-29(4,5)19-31/h8,10-17,19,25,31H,2,7,9,18,20H2,1,3-6H3,(H,32,36). The number of alkyl carbamates (subject to hydrolysis) is 1. The number of rotatable bonds is 14. The largest absolute Gasteiger partial charge is 0.455 e. The second-order valence-corrected chi connectivity index (χ2v) is 10.1. The van der Waals surface area contributed by atoms with Crippen molar-refractivity contribution in [2.75, 3.05) is 6.79 Å². The molecule has 40 heavy (non-hydrogen) atoms. The fraction of sp³-hybridized carbons (Fsp3) is 0.400. The Balaban J connectivity index is 1.66. The number of esters is 1. The number of fused-ring (bicyclic) bond motifs is 1. The quantitative estimate of drug-likeness (QED) is 0.125. The molecule has 1 heterocycles. The van der Waals surface area contributed by atoms with E-state index in [4.69, 9.17) is 24.5 Å². The molecule has 2 aromatic carbocycles. The van der Waals surface area contributed by atoms with Crippen LogP contribution in [-0.4, -0.2) is 52.3 Å². The summed E-state index contributed by atoms with van der Waals surface area (Å²) in [6, 6.07) is 13.9. The predicted molar refractivity (Wildman–Crippen MR) is 153 cm³/mol. The summed E-state index contributed by atoms with van der Waals surface area (Å²) in [6.45, 7) is 12.5. The molecule has 0 saturated heterocycles. The average molecular weight is 551 g/mol. The van der Waals surface area contributed by atoms with Crippen molar-refractivity contribution in [3.8, 4) is 5.75 Å². The molecule has 1 amide bonds. The van der Waals surface area contributed by atoms with E-state index in [1.807, 2.05) is 38.1 Å². The van der Waals surface area contributed by atoms with E-state index in [9.17, 15) is 9.59 Å². The van der Waals surface area contributed by atoms with Crippen LogP contribution < -0.4 is 14.9 Å². The number of para-hydroxylation sites is 1. The normalized spacial score (nSPS) is 13.5. The molecule has 214 valence electrons. The van der Waals surface area contributed by atoms with Crippen molar-refractivity contribution in [1.29, 1.82) is 5.41 Å². The fourth-order valence-corrected chi connectivity index (χ4v) is 3.76. The van der Waals surface area contributed by atoms with Crippen LogP contribution in [0.25, 0.3) is 10.9 Å². The highest BCUT2D eigenvalue weighted by Gasteiger charge is 2.31. The second-order valence-electron chi connectivity index (χ2n) is 10.1. The van der Waals surface area contributed by atoms with E-state index < -0.39 is 29.3 Å². The van der Waals surface area contributed by atoms with E-state index in [2.05, 4.69) is 17.0 Å². The lowest BCUT2D eigenvalue weighted by molar-refractivity contribution is -0.156. The van der Waals surface area contributed by atoms with Gasteiger partial charge in [-0.15, -0.1) is 5.10 Å². The number of ether oxygens (including phenoxy) is 3. The lowest BCUT2D eigenvalue weighted by Crippen LogP contribution is -2.48. The van der Waals surface area contributed by atoms with Gasteiger partial charge in [0.1, 0.15) is 28.5 Å². The number of amides is 1. The van der Waals surface area contributed by atoms with Crippen molar-refractivity contribution in [2.24, 2.45) is 0 Å². The Morgan fingerprint density at radius 3 is 2.42 bits per heavy atom. The minimum absolute atomic E-state index is 0.0590. The van der Waals surface area contributed by atoms with E-state index >= 15 is 0 Å². The second kappa shape index (κ2) is 13.1. The topological polar surface area (TPSA) is 125 Å². The van der Waals surface area contributed by atoms with E-state index in [1.165, 1.54) is 4.85 Å². The summed E-state index contributed by atoms with van der Waals surface area (Å²) in [5, 5.41) is 15.5. The van der Waals surface area contributed by atoms with Crippen LogP contribution in [0.5, 0.6) is 5.75 Å². The van der Waals surface area contributed by atoms with Gasteiger partial charge in [0, 0.05) is 18.0 Å². The number of hydrogen-bond acceptors (Lipinski definition) is 8. The summed E-state index contributed by atoms with van der Waals surface area (Å²) in [7, 11) is 0. The van der Waals surface area contributed by atoms with Crippen molar-refractivity contribution in [3.05, 3.63) is 72.4 Å². The number of carbonyl (C=O) groups is 2. The van der Waals surface area contributed by atoms with Gasteiger partial charge >= 0.3 is 12.1 Å². The molecule has 0 radical (unpaired) electrons. The van der Waals surface area contributed by atoms with Crippen molar-refractivity contribution in [2.45, 2.75) is 71.1 Å². The maximum absolute atomic E-state index is 13.1. The molecule has 3 aromatic rings. The van der Waals surface area contributed by atoms with Crippen molar-refractivity contribution in [1.82, 2.24) is 15.3 Å². The Morgan fingerprint density at radius 1 is 1.10 bits per heavy atom. The molecule has 10 nitrogen and oxygen atoms in total. The van der Waals surface area contributed by atoms with Gasteiger partial charge in [-0.2, -0.15) is 0 Å². The molecule has 0 aliphatic carbocycles. The molecule has 10 heteroatoms. The van der Waals surface area contributed by atoms with Crippen molar-refractivity contribution < 1.29 is 28.6 Å². The number of aryl methyl sites for hydroxylation is 1. The van der Waals surface area contributed by atoms with E-state index in [0.29, 0.717) is 12.2 Å². The van der Waals surface area contributed by atoms with Crippen LogP contribution in [0.15, 0.2) is 61.2 Å². The summed E-state index contributed by atoms with van der Waals surface area (Å²) >= 11 is 0. The fourth-order valence-electron chi connectivity index (χ4n) is 3.76. The Labute approximate surface area is 234 Å². The third-order valence-electron chi connectivity index (χ3n) is 6.48. The first kappa shape index (κ1) is 30.2. The van der Waals surface area contributed by atoms with Gasteiger partial charge < -0.3 is 29.8 Å². The lowest BCUT2D eigenvalue weighted by Gasteiger charge is -2.28. The van der Waals surface area contributed by atoms with Gasteiger partial charge in [0.05, 0.1) is 5.69 Å². The monoisotopic (exact) mass is 550 g/mol. The summed E-state index contributed by atoms with van der Waals surface area (Å²) < 4.78 is 16.7. The molecule has 2 unspecified atom stereocenters. The predicted octanol–water partition coefficient (Wildman–Crippen LogP) is 5.03. The Bertz CT molecular complexity index is 1330. The van der Waals surface area contributed by atoms with E-state index in [1.54, 1.807) is 51.1 Å². The molecule has 0 fully saturated rings. The third-order valence-corrected chi connectivity index (χ3v) is 6.48. The van der Waals surface area contributed by atoms with E-state index in [0.717, 1.165) is 34.8 Å². The van der Waals surface area contributed by atoms with Crippen LogP contribution in [0.3, 0.4) is 0 Å². The SMILES string of the molecule is C=CC(C)(CC)OC(=O)C(Cc1ccc(OCOn2nc(CC)c3ccccc32)cc1)NC(=O)OC(C)(C)C=N. The molecular formula is C30H38N4O6. The molecular weight excluding hydrogens is 512 g/mol. The molecule has 2 atom stereocenters. The van der Waals surface area contributed by atoms with Crippen LogP contribution in [0, 0.1) is 5.41 Å². The Morgan fingerprint density at radius 2 is 1.80 bits per heavy atom. The molecule has 0 bridgehead atoms. The van der Waals surface area contributed by atoms with Crippen LogP contribution in [-0.2, 0) is 27.1 Å². The average Bonchev–Trinajstić information content (AvgIpc) is 3.31. The smallest absolute Gasteiger partial charge is 0.408 e. The highest BCUT2D eigenvalue weighted by molar-refractivity contribution is 5.83. The van der Waals surface area contributed by atoms with Crippen LogP contribution in [0.1, 0.15) is 52.3 Å². The van der Waals surface area contributed by atoms with Crippen LogP contribution in [0.2, 0.25) is 0 Å². The summed E-state index contributed by atoms with van der Waals surface area (Å²) in [5.74, 6) is -0.0687. The van der Waals surface area contributed by atoms with Gasteiger partial charge in [-0.3, -0.25) is 0 Å². The van der Waals surface area contributed by atoms with Gasteiger partial charge in [-0.05, 0) is 63.5 Å². The van der Waals surface area contributed by atoms with Crippen molar-refractivity contribution in [3.63, 3.8) is 0 Å². The van der Waals surface area contributed by atoms with E-state index in [-0.39, 0.29) is 13.2 Å². The number of nitrogens with one attached hydrogen (secondary N) is 2. The highest BCUT2D eigenvalue weighted by Crippen LogP contribution is 2.20. The molecule has 0 saturated carbocycles. The number of benzene rings is 2. The minimum atomic E-state index is -1.13. The van der Waals surface area contributed by atoms with Gasteiger partial charge in [0.15, 0.2) is 0 Å². The molecule has 0 aliphatic heterocycles. The zero-order valence-corrected chi connectivity index (χ0v) is 23.7. The number of carbonyl (C=O) groups excluding carboxylic acids is 2. The first-order chi connectivity index (χ1) is 19.0. The summed E-state index contributed by atoms with van der Waals surface area (Å²) in [4.78, 5) is 32.8. The van der Waals surface area contributed by atoms with Crippen LogP contribution in [0.4, 0.5) is 4.79 Å². The number of aromatic nitrogens is 2. The van der Waals surface area contributed by atoms with Gasteiger partial charge in [0.2, 0.25) is 0 Å². The first-order valence-electron chi connectivity index (χ1n) is 13.2. The Hall–Kier alpha value is -4.34. The lowest BCUT2D eigenvalue weighted by atomic mass is 10.0. The van der Waals surface area contributed by atoms with Gasteiger partial charge in [0.25, 0.3) is 6.79 Å². The molecule has 0 spiro atoms. The maximum atomic E-state index is 13.1. The zero-order valence-electron chi connectivity index (χ0n) is 23.7. The third kappa shape index (κ3) is 7.84. The highest BCUT2D eigenvalue weighted by atomic mass is 16.8. The Kier molecular flexibility index (Phi) is 9.93. The maximum Gasteiger partial charge on any atom is 0.408 e. The zero-order chi connectivity index (χ0) is 29.3. The first-order valence-corrected chi connectivity index (χ1v) is 13.2.